The van der Waals surface area contributed by atoms with Crippen LogP contribution in [0.3, 0.4) is 0 Å². The second kappa shape index (κ2) is 5.99. The van der Waals surface area contributed by atoms with Crippen molar-refractivity contribution in [1.82, 2.24) is 24.6 Å². The summed E-state index contributed by atoms with van der Waals surface area (Å²) in [6.45, 7) is 8.66. The number of hydrogen-bond donors (Lipinski definition) is 1. The molecule has 2 aromatic rings. The number of rotatable bonds is 4. The molecule has 2 rings (SSSR count). The Hall–Kier alpha value is -2.31. The molecule has 0 unspecified atom stereocenters. The predicted octanol–water partition coefficient (Wildman–Crippen LogP) is 2.11. The highest BCUT2D eigenvalue weighted by molar-refractivity contribution is 5.67. The summed E-state index contributed by atoms with van der Waals surface area (Å²) in [5.74, 6) is 0. The Labute approximate surface area is 123 Å². The van der Waals surface area contributed by atoms with E-state index in [4.69, 9.17) is 4.74 Å². The van der Waals surface area contributed by atoms with Crippen LogP contribution in [0.2, 0.25) is 0 Å². The van der Waals surface area contributed by atoms with Crippen molar-refractivity contribution in [3.8, 4) is 5.69 Å². The molecule has 0 saturated heterocycles. The number of aromatic nitrogens is 4. The van der Waals surface area contributed by atoms with Crippen LogP contribution in [0, 0.1) is 0 Å². The Kier molecular flexibility index (Phi) is 4.30. The highest BCUT2D eigenvalue weighted by Crippen LogP contribution is 2.11. The molecule has 0 aliphatic heterocycles. The Morgan fingerprint density at radius 1 is 1.38 bits per heavy atom. The van der Waals surface area contributed by atoms with Crippen molar-refractivity contribution in [2.75, 3.05) is 0 Å². The number of carbonyl (C=O) groups excluding carboxylic acids is 1. The van der Waals surface area contributed by atoms with E-state index in [1.165, 1.54) is 0 Å². The lowest BCUT2D eigenvalue weighted by Gasteiger charge is -2.19. The smallest absolute Gasteiger partial charge is 0.407 e. The number of alkyl carbamates (subject to hydrolysis) is 1. The van der Waals surface area contributed by atoms with Crippen molar-refractivity contribution in [3.63, 3.8) is 0 Å². The first kappa shape index (κ1) is 15.1. The zero-order chi connectivity index (χ0) is 15.5. The Balaban J connectivity index is 2.02. The molecule has 0 aliphatic rings. The number of ether oxygens (including phenoxy) is 1. The van der Waals surface area contributed by atoms with E-state index in [1.807, 2.05) is 43.1 Å². The minimum atomic E-state index is -0.507. The van der Waals surface area contributed by atoms with Gasteiger partial charge >= 0.3 is 6.09 Å². The summed E-state index contributed by atoms with van der Waals surface area (Å²) >= 11 is 0. The molecule has 2 heterocycles. The van der Waals surface area contributed by atoms with Crippen molar-refractivity contribution < 1.29 is 9.53 Å². The maximum atomic E-state index is 11.7. The Morgan fingerprint density at radius 3 is 2.76 bits per heavy atom. The number of aryl methyl sites for hydroxylation is 1. The maximum Gasteiger partial charge on any atom is 0.407 e. The van der Waals surface area contributed by atoms with E-state index in [2.05, 4.69) is 15.4 Å². The molecule has 1 N–H and O–H groups in total. The minimum Gasteiger partial charge on any atom is -0.444 e. The van der Waals surface area contributed by atoms with Gasteiger partial charge in [-0.3, -0.25) is 9.25 Å². The molecule has 2 aromatic heterocycles. The van der Waals surface area contributed by atoms with Crippen LogP contribution in [-0.2, 0) is 17.8 Å². The molecular formula is C14H21N5O2. The molecule has 0 saturated carbocycles. The fourth-order valence-corrected chi connectivity index (χ4v) is 1.81. The second-order valence-corrected chi connectivity index (χ2v) is 5.66. The third kappa shape index (κ3) is 4.08. The van der Waals surface area contributed by atoms with Crippen LogP contribution in [0.15, 0.2) is 24.9 Å². The summed E-state index contributed by atoms with van der Waals surface area (Å²) in [5.41, 5.74) is 1.26. The van der Waals surface area contributed by atoms with E-state index in [9.17, 15) is 4.79 Å². The lowest BCUT2D eigenvalue weighted by atomic mass is 10.2. The Bertz CT molecular complexity index is 609. The molecule has 0 aromatic carbocycles. The summed E-state index contributed by atoms with van der Waals surface area (Å²) < 4.78 is 8.93. The molecule has 7 nitrogen and oxygen atoms in total. The number of nitrogens with zero attached hydrogens (tertiary/aromatic N) is 4. The van der Waals surface area contributed by atoms with Gasteiger partial charge < -0.3 is 10.1 Å². The van der Waals surface area contributed by atoms with Crippen LogP contribution in [-0.4, -0.2) is 31.0 Å². The van der Waals surface area contributed by atoms with E-state index >= 15 is 0 Å². The van der Waals surface area contributed by atoms with Crippen LogP contribution >= 0.6 is 0 Å². The standard InChI is InChI=1S/C14H21N5O2/c1-5-18-9-12(8-17-18)19-10-15-6-11(19)7-16-13(20)21-14(2,3)4/h6,8-10H,5,7H2,1-4H3,(H,16,20). The van der Waals surface area contributed by atoms with Crippen molar-refractivity contribution in [3.05, 3.63) is 30.6 Å². The SMILES string of the molecule is CCn1cc(-n2cncc2CNC(=O)OC(C)(C)C)cn1. The molecule has 21 heavy (non-hydrogen) atoms. The van der Waals surface area contributed by atoms with Gasteiger partial charge in [-0.2, -0.15) is 5.10 Å². The fourth-order valence-electron chi connectivity index (χ4n) is 1.81. The quantitative estimate of drug-likeness (QED) is 0.936. The number of amides is 1. The third-order valence-corrected chi connectivity index (χ3v) is 2.75. The molecule has 1 amide bonds. The van der Waals surface area contributed by atoms with Gasteiger partial charge in [0.1, 0.15) is 5.60 Å². The van der Waals surface area contributed by atoms with Crippen LogP contribution in [0.1, 0.15) is 33.4 Å². The third-order valence-electron chi connectivity index (χ3n) is 2.75. The molecule has 0 spiro atoms. The minimum absolute atomic E-state index is 0.340. The van der Waals surface area contributed by atoms with Crippen LogP contribution in [0.4, 0.5) is 4.79 Å². The summed E-state index contributed by atoms with van der Waals surface area (Å²) in [4.78, 5) is 15.8. The van der Waals surface area contributed by atoms with E-state index < -0.39 is 11.7 Å². The largest absolute Gasteiger partial charge is 0.444 e. The summed E-state index contributed by atoms with van der Waals surface area (Å²) in [6.07, 6.45) is 6.66. The van der Waals surface area contributed by atoms with E-state index in [0.717, 1.165) is 17.9 Å². The lowest BCUT2D eigenvalue weighted by Crippen LogP contribution is -2.32. The average Bonchev–Trinajstić information content (AvgIpc) is 3.02. The van der Waals surface area contributed by atoms with Gasteiger partial charge in [0.2, 0.25) is 0 Å². The van der Waals surface area contributed by atoms with Crippen molar-refractivity contribution in [1.29, 1.82) is 0 Å². The van der Waals surface area contributed by atoms with Gasteiger partial charge in [0.05, 0.1) is 36.6 Å². The van der Waals surface area contributed by atoms with Gasteiger partial charge in [0.25, 0.3) is 0 Å². The van der Waals surface area contributed by atoms with Gasteiger partial charge in [-0.1, -0.05) is 0 Å². The van der Waals surface area contributed by atoms with Gasteiger partial charge in [0, 0.05) is 12.7 Å². The van der Waals surface area contributed by atoms with Gasteiger partial charge in [-0.15, -0.1) is 0 Å². The maximum absolute atomic E-state index is 11.7. The topological polar surface area (TPSA) is 74.0 Å². The van der Waals surface area contributed by atoms with E-state index in [1.54, 1.807) is 18.7 Å². The molecule has 0 atom stereocenters. The van der Waals surface area contributed by atoms with Crippen molar-refractivity contribution in [2.45, 2.75) is 46.4 Å². The van der Waals surface area contributed by atoms with Gasteiger partial charge in [0.15, 0.2) is 0 Å². The first-order chi connectivity index (χ1) is 9.89. The molecule has 7 heteroatoms. The lowest BCUT2D eigenvalue weighted by molar-refractivity contribution is 0.0522. The van der Waals surface area contributed by atoms with Crippen LogP contribution in [0.5, 0.6) is 0 Å². The second-order valence-electron chi connectivity index (χ2n) is 5.66. The molecule has 0 bridgehead atoms. The predicted molar refractivity (Wildman–Crippen MR) is 78.1 cm³/mol. The number of carbonyl (C=O) groups is 1. The van der Waals surface area contributed by atoms with Crippen molar-refractivity contribution >= 4 is 6.09 Å². The first-order valence-electron chi connectivity index (χ1n) is 6.90. The Morgan fingerprint density at radius 2 is 2.14 bits per heavy atom. The number of hydrogen-bond acceptors (Lipinski definition) is 4. The highest BCUT2D eigenvalue weighted by Gasteiger charge is 2.16. The summed E-state index contributed by atoms with van der Waals surface area (Å²) in [6, 6.07) is 0. The van der Waals surface area contributed by atoms with E-state index in [0.29, 0.717) is 6.54 Å². The summed E-state index contributed by atoms with van der Waals surface area (Å²) in [7, 11) is 0. The highest BCUT2D eigenvalue weighted by atomic mass is 16.6. The van der Waals surface area contributed by atoms with Crippen molar-refractivity contribution in [2.24, 2.45) is 0 Å². The molecule has 0 fully saturated rings. The normalized spacial score (nSPS) is 11.4. The van der Waals surface area contributed by atoms with Gasteiger partial charge in [-0.25, -0.2) is 9.78 Å². The molecular weight excluding hydrogens is 270 g/mol. The monoisotopic (exact) mass is 291 g/mol. The zero-order valence-corrected chi connectivity index (χ0v) is 12.8. The van der Waals surface area contributed by atoms with Crippen LogP contribution in [0.25, 0.3) is 5.69 Å². The molecule has 114 valence electrons. The van der Waals surface area contributed by atoms with E-state index in [-0.39, 0.29) is 0 Å². The number of nitrogens with one attached hydrogen (secondary N) is 1. The van der Waals surface area contributed by atoms with Gasteiger partial charge in [-0.05, 0) is 27.7 Å². The molecule has 0 radical (unpaired) electrons. The average molecular weight is 291 g/mol. The fraction of sp³-hybridized carbons (Fsp3) is 0.500. The molecule has 0 aliphatic carbocycles. The zero-order valence-electron chi connectivity index (χ0n) is 12.8. The first-order valence-corrected chi connectivity index (χ1v) is 6.90. The summed E-state index contributed by atoms with van der Waals surface area (Å²) in [5, 5.41) is 6.95. The number of imidazole rings is 1. The van der Waals surface area contributed by atoms with Crippen LogP contribution < -0.4 is 5.32 Å².